The highest BCUT2D eigenvalue weighted by Crippen LogP contribution is 2.44. The SMILES string of the molecule is C[C@@H](NC(=O)CCC(F)(F)F)c1ccc2c(c1)nc([C@@H](CC(C)(C)C(F)(F)F)N[S@@](=O)C(C)(C)C)n2COCC[Si](C)(C)C. The lowest BCUT2D eigenvalue weighted by Crippen LogP contribution is -2.41. The molecule has 1 aromatic heterocycles. The average Bonchev–Trinajstić information content (AvgIpc) is 3.20. The normalized spacial score (nSPS) is 15.8. The molecule has 15 heteroatoms. The minimum Gasteiger partial charge on any atom is -0.361 e. The van der Waals surface area contributed by atoms with Gasteiger partial charge in [-0.25, -0.2) is 13.9 Å². The van der Waals surface area contributed by atoms with Crippen LogP contribution in [0.2, 0.25) is 25.7 Å². The van der Waals surface area contributed by atoms with E-state index in [9.17, 15) is 35.3 Å². The summed E-state index contributed by atoms with van der Waals surface area (Å²) in [5.74, 6) is -0.554. The van der Waals surface area contributed by atoms with E-state index in [0.29, 0.717) is 23.2 Å². The third kappa shape index (κ3) is 11.4. The van der Waals surface area contributed by atoms with Crippen molar-refractivity contribution in [3.05, 3.63) is 29.6 Å². The molecule has 44 heavy (non-hydrogen) atoms. The first-order chi connectivity index (χ1) is 19.8. The number of hydrogen-bond acceptors (Lipinski definition) is 4. The van der Waals surface area contributed by atoms with Gasteiger partial charge in [-0.1, -0.05) is 39.6 Å². The Balaban J connectivity index is 2.57. The number of fused-ring (bicyclic) bond motifs is 1. The molecule has 252 valence electrons. The number of carbonyl (C=O) groups is 1. The van der Waals surface area contributed by atoms with Gasteiger partial charge in [-0.3, -0.25) is 4.79 Å². The molecule has 0 radical (unpaired) electrons. The molecule has 0 fully saturated rings. The summed E-state index contributed by atoms with van der Waals surface area (Å²) in [4.78, 5) is 16.8. The van der Waals surface area contributed by atoms with E-state index < -0.39 is 78.8 Å². The van der Waals surface area contributed by atoms with Crippen molar-refractivity contribution < 1.29 is 40.1 Å². The number of benzene rings is 1. The number of nitrogens with one attached hydrogen (secondary N) is 2. The summed E-state index contributed by atoms with van der Waals surface area (Å²) in [6.07, 6.45) is -11.4. The maximum atomic E-state index is 14.1. The second kappa shape index (κ2) is 14.2. The molecular formula is C29H46F6N4O3SSi. The summed E-state index contributed by atoms with van der Waals surface area (Å²) in [6, 6.07) is 4.13. The number of nitrogens with zero attached hydrogens (tertiary/aromatic N) is 2. The third-order valence-corrected chi connectivity index (χ3v) is 10.4. The number of aromatic nitrogens is 2. The molecule has 0 aliphatic rings. The Bertz CT molecular complexity index is 1300. The van der Waals surface area contributed by atoms with Crippen LogP contribution in [0.1, 0.15) is 84.3 Å². The summed E-state index contributed by atoms with van der Waals surface area (Å²) in [6.45, 7) is 15.9. The van der Waals surface area contributed by atoms with E-state index in [1.165, 1.54) is 0 Å². The standard InChI is InChI=1S/C29H46F6N4O3SSi/c1-19(36-24(40)12-13-28(30,31)32)20-10-11-23-21(16-20)37-25(39(23)18-42-14-15-44(7,8)9)22(38-43(41)26(2,3)4)17-27(5,6)29(33,34)35/h10-11,16,19,22,38H,12-15,17-18H2,1-9H3,(H,36,40)/t19-,22-,43+/m1/s1. The van der Waals surface area contributed by atoms with E-state index in [1.54, 1.807) is 50.5 Å². The molecule has 1 heterocycles. The van der Waals surface area contributed by atoms with Crippen molar-refractivity contribution in [1.82, 2.24) is 19.6 Å². The number of carbonyl (C=O) groups excluding carboxylic acids is 1. The van der Waals surface area contributed by atoms with E-state index in [1.807, 2.05) is 0 Å². The van der Waals surface area contributed by atoms with Crippen LogP contribution >= 0.6 is 0 Å². The zero-order chi connectivity index (χ0) is 33.9. The summed E-state index contributed by atoms with van der Waals surface area (Å²) in [7, 11) is -3.18. The zero-order valence-corrected chi connectivity index (χ0v) is 28.7. The zero-order valence-electron chi connectivity index (χ0n) is 26.9. The van der Waals surface area contributed by atoms with Crippen LogP contribution < -0.4 is 10.0 Å². The fourth-order valence-electron chi connectivity index (χ4n) is 4.14. The Morgan fingerprint density at radius 2 is 1.68 bits per heavy atom. The van der Waals surface area contributed by atoms with Crippen molar-refractivity contribution in [2.24, 2.45) is 5.41 Å². The second-order valence-corrected chi connectivity index (χ2v) is 21.7. The number of rotatable bonds is 14. The predicted octanol–water partition coefficient (Wildman–Crippen LogP) is 7.94. The number of ether oxygens (including phenoxy) is 1. The number of hydrogen-bond donors (Lipinski definition) is 2. The van der Waals surface area contributed by atoms with E-state index in [2.05, 4.69) is 29.7 Å². The number of imidazole rings is 1. The first kappa shape index (κ1) is 38.2. The van der Waals surface area contributed by atoms with Crippen molar-refractivity contribution >= 4 is 36.0 Å². The lowest BCUT2D eigenvalue weighted by Gasteiger charge is -2.33. The summed E-state index contributed by atoms with van der Waals surface area (Å²) in [5, 5.41) is 2.55. The lowest BCUT2D eigenvalue weighted by atomic mass is 9.85. The van der Waals surface area contributed by atoms with Crippen molar-refractivity contribution in [2.75, 3.05) is 6.61 Å². The van der Waals surface area contributed by atoms with E-state index in [-0.39, 0.29) is 12.6 Å². The topological polar surface area (TPSA) is 85.3 Å². The van der Waals surface area contributed by atoms with Crippen molar-refractivity contribution in [3.8, 4) is 0 Å². The van der Waals surface area contributed by atoms with Gasteiger partial charge in [-0.15, -0.1) is 0 Å². The van der Waals surface area contributed by atoms with Gasteiger partial charge in [0.05, 0.1) is 50.7 Å². The molecule has 2 aromatic rings. The maximum absolute atomic E-state index is 14.1. The summed E-state index contributed by atoms with van der Waals surface area (Å²) in [5.41, 5.74) is -0.673. The minimum absolute atomic E-state index is 0.00777. The molecule has 1 amide bonds. The molecule has 1 aromatic carbocycles. The smallest absolute Gasteiger partial charge is 0.361 e. The highest BCUT2D eigenvalue weighted by atomic mass is 32.2. The van der Waals surface area contributed by atoms with E-state index in [0.717, 1.165) is 19.9 Å². The first-order valence-electron chi connectivity index (χ1n) is 14.5. The van der Waals surface area contributed by atoms with Gasteiger partial charge in [0.1, 0.15) is 12.6 Å². The van der Waals surface area contributed by atoms with Gasteiger partial charge >= 0.3 is 12.4 Å². The second-order valence-electron chi connectivity index (χ2n) is 14.0. The molecule has 7 nitrogen and oxygen atoms in total. The van der Waals surface area contributed by atoms with Crippen LogP contribution in [0.5, 0.6) is 0 Å². The molecule has 0 saturated heterocycles. The molecule has 0 saturated carbocycles. The molecule has 0 bridgehead atoms. The van der Waals surface area contributed by atoms with Crippen LogP contribution in [0.3, 0.4) is 0 Å². The van der Waals surface area contributed by atoms with Gasteiger partial charge in [-0.2, -0.15) is 26.3 Å². The van der Waals surface area contributed by atoms with Gasteiger partial charge in [0, 0.05) is 21.1 Å². The van der Waals surface area contributed by atoms with Crippen molar-refractivity contribution in [1.29, 1.82) is 0 Å². The Labute approximate surface area is 259 Å². The predicted molar refractivity (Wildman–Crippen MR) is 164 cm³/mol. The van der Waals surface area contributed by atoms with Gasteiger partial charge < -0.3 is 14.6 Å². The van der Waals surface area contributed by atoms with Crippen LogP contribution in [0, 0.1) is 5.41 Å². The molecule has 0 spiro atoms. The van der Waals surface area contributed by atoms with Crippen LogP contribution in [0.25, 0.3) is 11.0 Å². The molecule has 2 rings (SSSR count). The summed E-state index contributed by atoms with van der Waals surface area (Å²) < 4.78 is 103. The summed E-state index contributed by atoms with van der Waals surface area (Å²) >= 11 is 0. The molecule has 3 atom stereocenters. The third-order valence-electron chi connectivity index (χ3n) is 7.13. The van der Waals surface area contributed by atoms with Gasteiger partial charge in [0.2, 0.25) is 5.91 Å². The monoisotopic (exact) mass is 672 g/mol. The Morgan fingerprint density at radius 1 is 1.07 bits per heavy atom. The number of alkyl halides is 6. The van der Waals surface area contributed by atoms with Gasteiger partial charge in [-0.05, 0) is 57.9 Å². The fourth-order valence-corrected chi connectivity index (χ4v) is 5.70. The van der Waals surface area contributed by atoms with Gasteiger partial charge in [0.15, 0.2) is 0 Å². The number of amides is 1. The Kier molecular flexibility index (Phi) is 12.3. The molecule has 0 aliphatic carbocycles. The van der Waals surface area contributed by atoms with E-state index in [4.69, 9.17) is 9.72 Å². The highest BCUT2D eigenvalue weighted by Gasteiger charge is 2.49. The fraction of sp³-hybridized carbons (Fsp3) is 0.724. The molecule has 2 N–H and O–H groups in total. The van der Waals surface area contributed by atoms with Crippen molar-refractivity contribution in [2.45, 2.75) is 122 Å². The van der Waals surface area contributed by atoms with Crippen LogP contribution in [-0.2, 0) is 27.2 Å². The lowest BCUT2D eigenvalue weighted by molar-refractivity contribution is -0.215. The van der Waals surface area contributed by atoms with Crippen LogP contribution in [-0.4, -0.2) is 51.4 Å². The Hall–Kier alpha value is -1.97. The quantitative estimate of drug-likeness (QED) is 0.121. The van der Waals surface area contributed by atoms with Crippen LogP contribution in [0.4, 0.5) is 26.3 Å². The molecule has 0 unspecified atom stereocenters. The van der Waals surface area contributed by atoms with E-state index >= 15 is 0 Å². The average molecular weight is 673 g/mol. The van der Waals surface area contributed by atoms with Crippen molar-refractivity contribution in [3.63, 3.8) is 0 Å². The van der Waals surface area contributed by atoms with Gasteiger partial charge in [0.25, 0.3) is 0 Å². The molecular weight excluding hydrogens is 626 g/mol. The molecule has 0 aliphatic heterocycles. The Morgan fingerprint density at radius 3 is 2.20 bits per heavy atom. The number of halogens is 6. The first-order valence-corrected chi connectivity index (χ1v) is 19.4. The largest absolute Gasteiger partial charge is 0.394 e. The van der Waals surface area contributed by atoms with Crippen LogP contribution in [0.15, 0.2) is 18.2 Å². The maximum Gasteiger partial charge on any atom is 0.394 e. The minimum atomic E-state index is -4.55. The highest BCUT2D eigenvalue weighted by molar-refractivity contribution is 7.84.